The van der Waals surface area contributed by atoms with E-state index in [9.17, 15) is 65.4 Å². The summed E-state index contributed by atoms with van der Waals surface area (Å²) < 4.78 is 34.4. The van der Waals surface area contributed by atoms with Crippen LogP contribution < -0.4 is 10.6 Å². The van der Waals surface area contributed by atoms with Gasteiger partial charge in [-0.2, -0.15) is 0 Å². The average molecular weight is 765 g/mol. The van der Waals surface area contributed by atoms with E-state index in [1.54, 1.807) is 30.3 Å². The van der Waals surface area contributed by atoms with Crippen LogP contribution in [0.25, 0.3) is 0 Å². The molecule has 3 heterocycles. The van der Waals surface area contributed by atoms with Crippen LogP contribution in [0.2, 0.25) is 0 Å². The van der Waals surface area contributed by atoms with E-state index >= 15 is 0 Å². The van der Waals surface area contributed by atoms with Crippen LogP contribution in [0.3, 0.4) is 0 Å². The van der Waals surface area contributed by atoms with E-state index in [1.165, 1.54) is 0 Å². The fraction of sp³-hybridized carbons (Fsp3) is 0.719. The third-order valence-electron chi connectivity index (χ3n) is 9.11. The minimum atomic E-state index is -3.04. The molecule has 3 aliphatic rings. The highest BCUT2D eigenvalue weighted by Crippen LogP contribution is 2.38. The second kappa shape index (κ2) is 18.6. The maximum absolute atomic E-state index is 12.8. The largest absolute Gasteiger partial charge is 0.477 e. The van der Waals surface area contributed by atoms with Gasteiger partial charge in [0.15, 0.2) is 12.6 Å². The van der Waals surface area contributed by atoms with Crippen LogP contribution in [-0.4, -0.2) is 186 Å². The number of carboxylic acids is 1. The number of aliphatic hydroxyl groups is 9. The average Bonchev–Trinajstić information content (AvgIpc) is 3.12. The molecule has 3 fully saturated rings. The molecule has 2 amide bonds. The minimum Gasteiger partial charge on any atom is -0.477 e. The molecule has 53 heavy (non-hydrogen) atoms. The number of hydrogen-bond acceptors (Lipinski definition) is 18. The first kappa shape index (κ1) is 42.8. The van der Waals surface area contributed by atoms with Crippen molar-refractivity contribution in [2.45, 2.75) is 124 Å². The first-order valence-corrected chi connectivity index (χ1v) is 16.7. The molecule has 21 heteroatoms. The predicted octanol–water partition coefficient (Wildman–Crippen LogP) is -5.86. The number of aliphatic hydroxyl groups excluding tert-OH is 9. The summed E-state index contributed by atoms with van der Waals surface area (Å²) in [6.07, 6.45) is -25.0. The highest BCUT2D eigenvalue weighted by molar-refractivity contribution is 5.76. The molecule has 16 atom stereocenters. The molecule has 300 valence electrons. The number of aliphatic carboxylic acids is 1. The summed E-state index contributed by atoms with van der Waals surface area (Å²) in [4.78, 5) is 36.8. The summed E-state index contributed by atoms with van der Waals surface area (Å²) in [6.45, 7) is -0.642. The van der Waals surface area contributed by atoms with Crippen LogP contribution in [0.4, 0.5) is 0 Å². The molecular formula is C32H48N2O19. The Morgan fingerprint density at radius 1 is 0.849 bits per heavy atom. The van der Waals surface area contributed by atoms with Crippen LogP contribution >= 0.6 is 0 Å². The van der Waals surface area contributed by atoms with Gasteiger partial charge in [-0.1, -0.05) is 30.3 Å². The number of ether oxygens (including phenoxy) is 6. The van der Waals surface area contributed by atoms with Crippen molar-refractivity contribution in [2.24, 2.45) is 0 Å². The third kappa shape index (κ3) is 9.83. The molecule has 4 rings (SSSR count). The Morgan fingerprint density at radius 2 is 1.45 bits per heavy atom. The van der Waals surface area contributed by atoms with Crippen LogP contribution in [0, 0.1) is 0 Å². The molecule has 0 aromatic heterocycles. The molecule has 0 saturated carbocycles. The van der Waals surface area contributed by atoms with E-state index < -0.39 is 142 Å². The van der Waals surface area contributed by atoms with Crippen LogP contribution in [0.1, 0.15) is 25.8 Å². The summed E-state index contributed by atoms with van der Waals surface area (Å²) in [5, 5.41) is 111. The van der Waals surface area contributed by atoms with Crippen LogP contribution in [0.15, 0.2) is 30.3 Å². The minimum absolute atomic E-state index is 0.0258. The van der Waals surface area contributed by atoms with Gasteiger partial charge >= 0.3 is 5.97 Å². The molecule has 3 saturated heterocycles. The van der Waals surface area contributed by atoms with Crippen molar-refractivity contribution in [3.8, 4) is 0 Å². The summed E-state index contributed by atoms with van der Waals surface area (Å²) in [5.41, 5.74) is 0.717. The van der Waals surface area contributed by atoms with Crippen molar-refractivity contribution in [3.05, 3.63) is 35.9 Å². The second-order valence-electron chi connectivity index (χ2n) is 13.0. The van der Waals surface area contributed by atoms with E-state index in [2.05, 4.69) is 10.6 Å². The molecule has 3 aliphatic heterocycles. The number of carboxylic acid groups (broad SMARTS) is 1. The molecule has 0 radical (unpaired) electrons. The lowest BCUT2D eigenvalue weighted by atomic mass is 9.88. The third-order valence-corrected chi connectivity index (χ3v) is 9.11. The number of nitrogens with one attached hydrogen (secondary N) is 2. The Morgan fingerprint density at radius 3 is 2.02 bits per heavy atom. The zero-order chi connectivity index (χ0) is 39.2. The molecule has 12 N–H and O–H groups in total. The van der Waals surface area contributed by atoms with Crippen molar-refractivity contribution in [3.63, 3.8) is 0 Å². The van der Waals surface area contributed by atoms with Gasteiger partial charge in [-0.15, -0.1) is 0 Å². The standard InChI is InChI=1S/C32H48N2O19/c1-13(38)33-20-16(40)8-32(31(46)47,52-27(20)22(42)17(41)9-35)53-28-23(43)18(10-36)49-30(25(28)45)51-26-19(11-37)50-29(21(24(26)44)34-14(2)39)48-12-15-6-4-3-5-7-15/h3-7,16-30,35-37,40-45H,8-12H2,1-2H3,(H,33,38)(H,34,39)(H,46,47)/t16?,17-,18?,19?,20?,21?,22-,23?,24?,25?,26?,27?,28?,29?,30?,32?/m1/s1. The number of carbonyl (C=O) groups is 3. The van der Waals surface area contributed by atoms with Gasteiger partial charge in [0.25, 0.3) is 5.79 Å². The highest BCUT2D eigenvalue weighted by atomic mass is 16.8. The first-order valence-electron chi connectivity index (χ1n) is 16.7. The molecule has 1 aromatic carbocycles. The van der Waals surface area contributed by atoms with Crippen LogP contribution in [0.5, 0.6) is 0 Å². The monoisotopic (exact) mass is 764 g/mol. The topological polar surface area (TPSA) is 333 Å². The van der Waals surface area contributed by atoms with E-state index in [1.807, 2.05) is 0 Å². The Labute approximate surface area is 302 Å². The van der Waals surface area contributed by atoms with Gasteiger partial charge in [0.05, 0.1) is 38.6 Å². The van der Waals surface area contributed by atoms with Crippen molar-refractivity contribution in [2.75, 3.05) is 19.8 Å². The Hall–Kier alpha value is -2.97. The van der Waals surface area contributed by atoms with Gasteiger partial charge in [0, 0.05) is 20.3 Å². The van der Waals surface area contributed by atoms with Gasteiger partial charge in [0.1, 0.15) is 67.1 Å². The number of benzene rings is 1. The number of rotatable bonds is 15. The first-order chi connectivity index (χ1) is 25.1. The summed E-state index contributed by atoms with van der Waals surface area (Å²) in [7, 11) is 0. The normalized spacial score (nSPS) is 38.7. The van der Waals surface area contributed by atoms with E-state index in [0.29, 0.717) is 5.56 Å². The highest BCUT2D eigenvalue weighted by Gasteiger charge is 2.60. The summed E-state index contributed by atoms with van der Waals surface area (Å²) in [6, 6.07) is 5.94. The van der Waals surface area contributed by atoms with Gasteiger partial charge in [-0.05, 0) is 5.56 Å². The Kier molecular flexibility index (Phi) is 15.0. The van der Waals surface area contributed by atoms with Crippen molar-refractivity contribution in [1.29, 1.82) is 0 Å². The van der Waals surface area contributed by atoms with Gasteiger partial charge < -0.3 is 90.1 Å². The lowest BCUT2D eigenvalue weighted by Gasteiger charge is -2.51. The molecular weight excluding hydrogens is 716 g/mol. The maximum atomic E-state index is 12.8. The maximum Gasteiger partial charge on any atom is 0.364 e. The number of carbonyl (C=O) groups excluding carboxylic acids is 2. The van der Waals surface area contributed by atoms with E-state index in [0.717, 1.165) is 13.8 Å². The van der Waals surface area contributed by atoms with E-state index in [4.69, 9.17) is 28.4 Å². The molecule has 0 spiro atoms. The summed E-state index contributed by atoms with van der Waals surface area (Å²) in [5.74, 6) is -6.36. The summed E-state index contributed by atoms with van der Waals surface area (Å²) >= 11 is 0. The van der Waals surface area contributed by atoms with Crippen molar-refractivity contribution in [1.82, 2.24) is 10.6 Å². The predicted molar refractivity (Wildman–Crippen MR) is 171 cm³/mol. The lowest BCUT2D eigenvalue weighted by molar-refractivity contribution is -0.383. The Balaban J connectivity index is 1.61. The molecule has 0 aliphatic carbocycles. The molecule has 0 bridgehead atoms. The molecule has 14 unspecified atom stereocenters. The molecule has 21 nitrogen and oxygen atoms in total. The van der Waals surface area contributed by atoms with Crippen LogP contribution in [-0.2, 0) is 49.4 Å². The second-order valence-corrected chi connectivity index (χ2v) is 13.0. The zero-order valence-corrected chi connectivity index (χ0v) is 28.7. The SMILES string of the molecule is CC(=O)NC1C(OCc2ccccc2)OC(CO)C(OC2OC(CO)C(O)C(OC3(C(=O)O)CC(O)C(NC(C)=O)C([C@H](O)[C@H](O)CO)O3)C2O)C1O. The zero-order valence-electron chi connectivity index (χ0n) is 28.7. The van der Waals surface area contributed by atoms with Crippen molar-refractivity contribution < 1.29 is 93.9 Å². The van der Waals surface area contributed by atoms with Gasteiger partial charge in [0.2, 0.25) is 11.8 Å². The lowest BCUT2D eigenvalue weighted by Crippen LogP contribution is -2.71. The molecule has 1 aromatic rings. The fourth-order valence-corrected chi connectivity index (χ4v) is 6.45. The quantitative estimate of drug-likeness (QED) is 0.0791. The number of amides is 2. The smallest absolute Gasteiger partial charge is 0.364 e. The fourth-order valence-electron chi connectivity index (χ4n) is 6.45. The Bertz CT molecular complexity index is 1360. The number of hydrogen-bond donors (Lipinski definition) is 12. The van der Waals surface area contributed by atoms with E-state index in [-0.39, 0.29) is 6.61 Å². The van der Waals surface area contributed by atoms with Crippen molar-refractivity contribution >= 4 is 17.8 Å². The van der Waals surface area contributed by atoms with Gasteiger partial charge in [-0.3, -0.25) is 9.59 Å². The van der Waals surface area contributed by atoms with Gasteiger partial charge in [-0.25, -0.2) is 4.79 Å².